The number of furan rings is 1. The predicted molar refractivity (Wildman–Crippen MR) is 102 cm³/mol. The average molecular weight is 335 g/mol. The van der Waals surface area contributed by atoms with Gasteiger partial charge in [0.25, 0.3) is 0 Å². The van der Waals surface area contributed by atoms with Crippen molar-refractivity contribution in [1.82, 2.24) is 4.90 Å². The summed E-state index contributed by atoms with van der Waals surface area (Å²) in [5.41, 5.74) is 4.19. The van der Waals surface area contributed by atoms with Crippen LogP contribution >= 0.6 is 0 Å². The van der Waals surface area contributed by atoms with Crippen LogP contribution in [0.4, 0.5) is 0 Å². The fourth-order valence-corrected chi connectivity index (χ4v) is 3.98. The lowest BCUT2D eigenvalue weighted by atomic mass is 9.98. The summed E-state index contributed by atoms with van der Waals surface area (Å²) in [4.78, 5) is 2.45. The molecule has 0 atom stereocenters. The van der Waals surface area contributed by atoms with Crippen LogP contribution in [0.25, 0.3) is 22.3 Å². The Bertz CT molecular complexity index is 861. The highest BCUT2D eigenvalue weighted by atomic mass is 16.3. The van der Waals surface area contributed by atoms with Crippen LogP contribution in [-0.2, 0) is 13.0 Å². The summed E-state index contributed by atoms with van der Waals surface area (Å²) in [6, 6.07) is 13.9. The van der Waals surface area contributed by atoms with Crippen LogP contribution in [0, 0.1) is 0 Å². The molecule has 3 heteroatoms. The number of phenols is 1. The molecule has 1 saturated heterocycles. The number of benzene rings is 2. The van der Waals surface area contributed by atoms with Crippen molar-refractivity contribution >= 4 is 11.0 Å². The summed E-state index contributed by atoms with van der Waals surface area (Å²) in [5.74, 6) is 1.32. The average Bonchev–Trinajstić information content (AvgIpc) is 3.04. The van der Waals surface area contributed by atoms with E-state index in [2.05, 4.69) is 24.0 Å². The SMILES string of the molecule is CCc1c(-c2ccccc2)oc2ccc(O)c(CN3CCCCC3)c12. The highest BCUT2D eigenvalue weighted by Crippen LogP contribution is 2.39. The first kappa shape index (κ1) is 16.2. The first-order valence-corrected chi connectivity index (χ1v) is 9.32. The summed E-state index contributed by atoms with van der Waals surface area (Å²) in [6.45, 7) is 5.18. The normalized spacial score (nSPS) is 15.7. The zero-order chi connectivity index (χ0) is 17.2. The Hall–Kier alpha value is -2.26. The van der Waals surface area contributed by atoms with Crippen LogP contribution in [0.3, 0.4) is 0 Å². The molecule has 25 heavy (non-hydrogen) atoms. The second-order valence-electron chi connectivity index (χ2n) is 6.90. The number of rotatable bonds is 4. The van der Waals surface area contributed by atoms with Crippen molar-refractivity contribution in [3.05, 3.63) is 53.6 Å². The van der Waals surface area contributed by atoms with Crippen LogP contribution in [0.1, 0.15) is 37.3 Å². The number of piperidine rings is 1. The summed E-state index contributed by atoms with van der Waals surface area (Å²) >= 11 is 0. The quantitative estimate of drug-likeness (QED) is 0.698. The minimum absolute atomic E-state index is 0.383. The monoisotopic (exact) mass is 335 g/mol. The molecule has 0 radical (unpaired) electrons. The van der Waals surface area contributed by atoms with E-state index < -0.39 is 0 Å². The highest BCUT2D eigenvalue weighted by molar-refractivity contribution is 5.92. The first-order chi connectivity index (χ1) is 12.3. The molecule has 4 rings (SSSR count). The van der Waals surface area contributed by atoms with Gasteiger partial charge in [0.15, 0.2) is 0 Å². The van der Waals surface area contributed by atoms with Gasteiger partial charge in [0.1, 0.15) is 17.1 Å². The van der Waals surface area contributed by atoms with Gasteiger partial charge in [-0.1, -0.05) is 43.7 Å². The van der Waals surface area contributed by atoms with Crippen LogP contribution in [0.15, 0.2) is 46.9 Å². The molecule has 130 valence electrons. The Kier molecular flexibility index (Phi) is 4.50. The lowest BCUT2D eigenvalue weighted by molar-refractivity contribution is 0.219. The lowest BCUT2D eigenvalue weighted by Gasteiger charge is -2.27. The highest BCUT2D eigenvalue weighted by Gasteiger charge is 2.21. The molecular formula is C22H25NO2. The molecule has 1 aliphatic rings. The van der Waals surface area contributed by atoms with Gasteiger partial charge in [-0.25, -0.2) is 0 Å². The van der Waals surface area contributed by atoms with E-state index in [9.17, 15) is 5.11 Å². The smallest absolute Gasteiger partial charge is 0.138 e. The van der Waals surface area contributed by atoms with Gasteiger partial charge in [0.05, 0.1) is 0 Å². The molecule has 3 aromatic rings. The Labute approximate surface area is 148 Å². The van der Waals surface area contributed by atoms with E-state index in [1.165, 1.54) is 24.8 Å². The minimum Gasteiger partial charge on any atom is -0.508 e. The molecule has 0 amide bonds. The van der Waals surface area contributed by atoms with E-state index in [0.29, 0.717) is 5.75 Å². The second-order valence-corrected chi connectivity index (χ2v) is 6.90. The molecule has 0 spiro atoms. The summed E-state index contributed by atoms with van der Waals surface area (Å²) in [5, 5.41) is 11.7. The van der Waals surface area contributed by atoms with Gasteiger partial charge in [-0.05, 0) is 44.5 Å². The topological polar surface area (TPSA) is 36.6 Å². The molecule has 0 aliphatic carbocycles. The van der Waals surface area contributed by atoms with Gasteiger partial charge >= 0.3 is 0 Å². The molecule has 0 unspecified atom stereocenters. The summed E-state index contributed by atoms with van der Waals surface area (Å²) in [6.07, 6.45) is 4.69. The van der Waals surface area contributed by atoms with E-state index in [0.717, 1.165) is 53.9 Å². The predicted octanol–water partition coefficient (Wildman–Crippen LogP) is 5.35. The summed E-state index contributed by atoms with van der Waals surface area (Å²) in [7, 11) is 0. The maximum Gasteiger partial charge on any atom is 0.138 e. The molecule has 1 aliphatic heterocycles. The third-order valence-electron chi connectivity index (χ3n) is 5.26. The molecule has 0 bridgehead atoms. The number of aryl methyl sites for hydroxylation is 1. The largest absolute Gasteiger partial charge is 0.508 e. The Morgan fingerprint density at radius 1 is 0.960 bits per heavy atom. The fraction of sp³-hybridized carbons (Fsp3) is 0.364. The molecule has 1 aromatic heterocycles. The van der Waals surface area contributed by atoms with Crippen LogP contribution in [0.5, 0.6) is 5.75 Å². The number of hydrogen-bond acceptors (Lipinski definition) is 3. The van der Waals surface area contributed by atoms with Crippen LogP contribution in [0.2, 0.25) is 0 Å². The molecule has 3 nitrogen and oxygen atoms in total. The van der Waals surface area contributed by atoms with Crippen molar-refractivity contribution in [2.24, 2.45) is 0 Å². The first-order valence-electron chi connectivity index (χ1n) is 9.32. The standard InChI is InChI=1S/C22H25NO2/c1-2-17-21-18(15-23-13-7-4-8-14-23)19(24)11-12-20(21)25-22(17)16-9-5-3-6-10-16/h3,5-6,9-12,24H,2,4,7-8,13-15H2,1H3. The van der Waals surface area contributed by atoms with Crippen LogP contribution < -0.4 is 0 Å². The van der Waals surface area contributed by atoms with Crippen molar-refractivity contribution < 1.29 is 9.52 Å². The maximum atomic E-state index is 10.6. The Balaban J connectivity index is 1.84. The molecule has 0 saturated carbocycles. The zero-order valence-electron chi connectivity index (χ0n) is 14.8. The van der Waals surface area contributed by atoms with Gasteiger partial charge in [-0.3, -0.25) is 4.90 Å². The lowest BCUT2D eigenvalue weighted by Crippen LogP contribution is -2.29. The van der Waals surface area contributed by atoms with Gasteiger partial charge in [-0.2, -0.15) is 0 Å². The van der Waals surface area contributed by atoms with Gasteiger partial charge < -0.3 is 9.52 Å². The Morgan fingerprint density at radius 2 is 1.72 bits per heavy atom. The number of phenolic OH excluding ortho intramolecular Hbond substituents is 1. The van der Waals surface area contributed by atoms with Gasteiger partial charge in [-0.15, -0.1) is 0 Å². The molecule has 1 N–H and O–H groups in total. The molecular weight excluding hydrogens is 310 g/mol. The maximum absolute atomic E-state index is 10.6. The van der Waals surface area contributed by atoms with Gasteiger partial charge in [0, 0.05) is 28.6 Å². The van der Waals surface area contributed by atoms with Crippen molar-refractivity contribution in [1.29, 1.82) is 0 Å². The number of likely N-dealkylation sites (tertiary alicyclic amines) is 1. The summed E-state index contributed by atoms with van der Waals surface area (Å²) < 4.78 is 6.23. The molecule has 2 aromatic carbocycles. The molecule has 2 heterocycles. The fourth-order valence-electron chi connectivity index (χ4n) is 3.98. The van der Waals surface area contributed by atoms with Gasteiger partial charge in [0.2, 0.25) is 0 Å². The number of hydrogen-bond donors (Lipinski definition) is 1. The second kappa shape index (κ2) is 6.93. The van der Waals surface area contributed by atoms with E-state index in [1.807, 2.05) is 24.3 Å². The van der Waals surface area contributed by atoms with E-state index in [1.54, 1.807) is 6.07 Å². The van der Waals surface area contributed by atoms with E-state index >= 15 is 0 Å². The number of fused-ring (bicyclic) bond motifs is 1. The third-order valence-corrected chi connectivity index (χ3v) is 5.26. The third kappa shape index (κ3) is 3.05. The van der Waals surface area contributed by atoms with Crippen LogP contribution in [-0.4, -0.2) is 23.1 Å². The number of nitrogens with zero attached hydrogens (tertiary/aromatic N) is 1. The Morgan fingerprint density at radius 3 is 2.44 bits per heavy atom. The minimum atomic E-state index is 0.383. The van der Waals surface area contributed by atoms with Crippen molar-refractivity contribution in [2.75, 3.05) is 13.1 Å². The zero-order valence-corrected chi connectivity index (χ0v) is 14.8. The molecule has 1 fully saturated rings. The van der Waals surface area contributed by atoms with E-state index in [4.69, 9.17) is 4.42 Å². The number of aromatic hydroxyl groups is 1. The van der Waals surface area contributed by atoms with E-state index in [-0.39, 0.29) is 0 Å². The van der Waals surface area contributed by atoms with Crippen molar-refractivity contribution in [3.63, 3.8) is 0 Å². The van der Waals surface area contributed by atoms with Crippen molar-refractivity contribution in [2.45, 2.75) is 39.2 Å². The van der Waals surface area contributed by atoms with Crippen molar-refractivity contribution in [3.8, 4) is 17.1 Å².